The van der Waals surface area contributed by atoms with Crippen LogP contribution >= 0.6 is 0 Å². The molecule has 0 fully saturated rings. The van der Waals surface area contributed by atoms with Gasteiger partial charge >= 0.3 is 0 Å². The minimum atomic E-state index is -0.0670. The third kappa shape index (κ3) is 3.36. The highest BCUT2D eigenvalue weighted by atomic mass is 16.5. The van der Waals surface area contributed by atoms with Gasteiger partial charge in [0.15, 0.2) is 0 Å². The predicted octanol–water partition coefficient (Wildman–Crippen LogP) is 4.18. The van der Waals surface area contributed by atoms with Gasteiger partial charge in [-0.25, -0.2) is 4.98 Å². The van der Waals surface area contributed by atoms with E-state index < -0.39 is 0 Å². The number of hydrogen-bond acceptors (Lipinski definition) is 3. The van der Waals surface area contributed by atoms with E-state index in [1.165, 1.54) is 0 Å². The van der Waals surface area contributed by atoms with E-state index in [2.05, 4.69) is 18.0 Å². The van der Waals surface area contributed by atoms with Gasteiger partial charge in [-0.15, -0.1) is 0 Å². The lowest BCUT2D eigenvalue weighted by atomic mass is 10.1. The molecule has 0 aliphatic rings. The summed E-state index contributed by atoms with van der Waals surface area (Å²) in [4.78, 5) is 4.35. The number of hydrogen-bond donors (Lipinski definition) is 0. The molecule has 0 radical (unpaired) electrons. The Morgan fingerprint density at radius 1 is 1.20 bits per heavy atom. The van der Waals surface area contributed by atoms with Gasteiger partial charge in [0.2, 0.25) is 5.88 Å². The van der Waals surface area contributed by atoms with E-state index in [4.69, 9.17) is 10.00 Å². The molecule has 0 spiro atoms. The Hall–Kier alpha value is -2.34. The van der Waals surface area contributed by atoms with Gasteiger partial charge < -0.3 is 4.74 Å². The van der Waals surface area contributed by atoms with E-state index in [0.717, 1.165) is 24.1 Å². The highest BCUT2D eigenvalue weighted by Crippen LogP contribution is 2.27. The second-order valence-corrected chi connectivity index (χ2v) is 4.72. The summed E-state index contributed by atoms with van der Waals surface area (Å²) in [5, 5.41) is 9.15. The lowest BCUT2D eigenvalue weighted by molar-refractivity contribution is 0.185. The summed E-state index contributed by atoms with van der Waals surface area (Å²) in [5.74, 6) is 0.426. The van der Waals surface area contributed by atoms with Crippen LogP contribution in [-0.4, -0.2) is 4.98 Å². The number of nitrogens with zero attached hydrogens (tertiary/aromatic N) is 2. The van der Waals surface area contributed by atoms with Crippen LogP contribution in [0.3, 0.4) is 0 Å². The van der Waals surface area contributed by atoms with Crippen LogP contribution in [0.1, 0.15) is 42.7 Å². The minimum absolute atomic E-state index is 0.0670. The summed E-state index contributed by atoms with van der Waals surface area (Å²) in [5.41, 5.74) is 2.44. The average molecular weight is 266 g/mol. The number of aryl methyl sites for hydroxylation is 1. The molecule has 0 saturated heterocycles. The van der Waals surface area contributed by atoms with Crippen molar-refractivity contribution in [3.8, 4) is 11.9 Å². The van der Waals surface area contributed by atoms with Crippen molar-refractivity contribution in [1.82, 2.24) is 4.98 Å². The Balaban J connectivity index is 2.29. The first kappa shape index (κ1) is 14.1. The number of pyridine rings is 1. The van der Waals surface area contributed by atoms with Gasteiger partial charge in [-0.2, -0.15) is 5.26 Å². The summed E-state index contributed by atoms with van der Waals surface area (Å²) in [7, 11) is 0. The minimum Gasteiger partial charge on any atom is -0.469 e. The van der Waals surface area contributed by atoms with Crippen molar-refractivity contribution in [3.63, 3.8) is 0 Å². The van der Waals surface area contributed by atoms with Crippen molar-refractivity contribution in [2.45, 2.75) is 32.8 Å². The van der Waals surface area contributed by atoms with Gasteiger partial charge in [0.25, 0.3) is 0 Å². The second kappa shape index (κ2) is 6.72. The lowest BCUT2D eigenvalue weighted by Crippen LogP contribution is -2.09. The molecular formula is C17H18N2O. The maximum absolute atomic E-state index is 9.15. The first-order valence-electron chi connectivity index (χ1n) is 6.84. The van der Waals surface area contributed by atoms with E-state index in [-0.39, 0.29) is 6.10 Å². The van der Waals surface area contributed by atoms with Crippen LogP contribution in [0.25, 0.3) is 0 Å². The number of ether oxygens (including phenoxy) is 1. The monoisotopic (exact) mass is 266 g/mol. The molecule has 2 aromatic rings. The molecule has 2 rings (SSSR count). The van der Waals surface area contributed by atoms with Crippen LogP contribution in [0.4, 0.5) is 0 Å². The van der Waals surface area contributed by atoms with Gasteiger partial charge in [-0.1, -0.05) is 43.7 Å². The molecule has 0 N–H and O–H groups in total. The summed E-state index contributed by atoms with van der Waals surface area (Å²) in [6.07, 6.45) is 1.83. The molecule has 0 unspecified atom stereocenters. The summed E-state index contributed by atoms with van der Waals surface area (Å²) in [6.45, 7) is 4.01. The predicted molar refractivity (Wildman–Crippen MR) is 78.4 cm³/mol. The van der Waals surface area contributed by atoms with Crippen molar-refractivity contribution >= 4 is 0 Å². The quantitative estimate of drug-likeness (QED) is 0.815. The first-order valence-corrected chi connectivity index (χ1v) is 6.84. The largest absolute Gasteiger partial charge is 0.469 e. The smallest absolute Gasteiger partial charge is 0.232 e. The van der Waals surface area contributed by atoms with Crippen molar-refractivity contribution in [2.24, 2.45) is 0 Å². The molecule has 1 aromatic carbocycles. The summed E-state index contributed by atoms with van der Waals surface area (Å²) < 4.78 is 6.01. The molecule has 0 aliphatic carbocycles. The fraction of sp³-hybridized carbons (Fsp3) is 0.294. The van der Waals surface area contributed by atoms with Crippen LogP contribution < -0.4 is 4.74 Å². The van der Waals surface area contributed by atoms with E-state index in [9.17, 15) is 0 Å². The van der Waals surface area contributed by atoms with Crippen LogP contribution in [0.5, 0.6) is 5.88 Å². The van der Waals surface area contributed by atoms with Crippen molar-refractivity contribution in [2.75, 3.05) is 0 Å². The Morgan fingerprint density at radius 3 is 2.60 bits per heavy atom. The number of benzene rings is 1. The van der Waals surface area contributed by atoms with Crippen molar-refractivity contribution in [1.29, 1.82) is 5.26 Å². The van der Waals surface area contributed by atoms with Crippen LogP contribution in [-0.2, 0) is 0 Å². The fourth-order valence-corrected chi connectivity index (χ4v) is 2.07. The highest BCUT2D eigenvalue weighted by molar-refractivity contribution is 5.39. The van der Waals surface area contributed by atoms with Crippen LogP contribution in [0.15, 0.2) is 42.5 Å². The molecule has 1 aromatic heterocycles. The zero-order chi connectivity index (χ0) is 14.4. The molecule has 3 nitrogen and oxygen atoms in total. The van der Waals surface area contributed by atoms with Crippen LogP contribution in [0, 0.1) is 18.3 Å². The lowest BCUT2D eigenvalue weighted by Gasteiger charge is -2.19. The van der Waals surface area contributed by atoms with Crippen molar-refractivity contribution < 1.29 is 4.74 Å². The molecule has 0 amide bonds. The topological polar surface area (TPSA) is 45.9 Å². The Kier molecular flexibility index (Phi) is 4.73. The molecular weight excluding hydrogens is 248 g/mol. The van der Waals surface area contributed by atoms with Gasteiger partial charge in [0.1, 0.15) is 17.7 Å². The molecule has 3 heteroatoms. The summed E-state index contributed by atoms with van der Waals surface area (Å²) in [6, 6.07) is 15.8. The number of aromatic nitrogens is 1. The average Bonchev–Trinajstić information content (AvgIpc) is 2.48. The Labute approximate surface area is 119 Å². The van der Waals surface area contributed by atoms with Gasteiger partial charge in [-0.05, 0) is 31.0 Å². The highest BCUT2D eigenvalue weighted by Gasteiger charge is 2.15. The Bertz CT molecular complexity index is 602. The normalized spacial score (nSPS) is 11.7. The standard InChI is InChI=1S/C17H18N2O/c1-3-7-16(14-8-5-4-6-9-14)20-17-15(12-18)11-10-13(2)19-17/h4-6,8-11,16H,3,7H2,1-2H3/t16-/m1/s1. The van der Waals surface area contributed by atoms with E-state index in [1.54, 1.807) is 6.07 Å². The van der Waals surface area contributed by atoms with Gasteiger partial charge in [0, 0.05) is 5.69 Å². The first-order chi connectivity index (χ1) is 9.74. The van der Waals surface area contributed by atoms with E-state index in [1.807, 2.05) is 43.3 Å². The zero-order valence-electron chi connectivity index (χ0n) is 11.8. The molecule has 0 aliphatic heterocycles. The number of rotatable bonds is 5. The van der Waals surface area contributed by atoms with E-state index >= 15 is 0 Å². The summed E-state index contributed by atoms with van der Waals surface area (Å²) >= 11 is 0. The van der Waals surface area contributed by atoms with Crippen molar-refractivity contribution in [3.05, 3.63) is 59.3 Å². The zero-order valence-corrected chi connectivity index (χ0v) is 11.8. The number of nitriles is 1. The molecule has 0 saturated carbocycles. The van der Waals surface area contributed by atoms with E-state index in [0.29, 0.717) is 11.4 Å². The molecule has 20 heavy (non-hydrogen) atoms. The maximum atomic E-state index is 9.15. The molecule has 1 atom stereocenters. The van der Waals surface area contributed by atoms with Gasteiger partial charge in [-0.3, -0.25) is 0 Å². The van der Waals surface area contributed by atoms with Gasteiger partial charge in [0.05, 0.1) is 0 Å². The third-order valence-corrected chi connectivity index (χ3v) is 3.10. The maximum Gasteiger partial charge on any atom is 0.232 e. The molecule has 0 bridgehead atoms. The SMILES string of the molecule is CCC[C@@H](Oc1nc(C)ccc1C#N)c1ccccc1. The third-order valence-electron chi connectivity index (χ3n) is 3.10. The van der Waals surface area contributed by atoms with Crippen LogP contribution in [0.2, 0.25) is 0 Å². The molecule has 1 heterocycles. The Morgan fingerprint density at radius 2 is 1.95 bits per heavy atom. The fourth-order valence-electron chi connectivity index (χ4n) is 2.07. The molecule has 102 valence electrons. The second-order valence-electron chi connectivity index (χ2n) is 4.72.